The number of benzene rings is 2. The third-order valence-electron chi connectivity index (χ3n) is 4.38. The lowest BCUT2D eigenvalue weighted by Crippen LogP contribution is -2.15. The highest BCUT2D eigenvalue weighted by molar-refractivity contribution is 7.99. The Balaban J connectivity index is 1.60. The molecule has 1 N–H and O–H groups in total. The number of amides is 1. The van der Waals surface area contributed by atoms with Gasteiger partial charge in [0, 0.05) is 11.9 Å². The number of aryl methyl sites for hydroxylation is 1. The van der Waals surface area contributed by atoms with E-state index in [1.165, 1.54) is 11.8 Å². The van der Waals surface area contributed by atoms with Gasteiger partial charge < -0.3 is 5.32 Å². The molecule has 0 saturated heterocycles. The monoisotopic (exact) mass is 469 g/mol. The third kappa shape index (κ3) is 4.90. The van der Waals surface area contributed by atoms with Crippen LogP contribution in [0.3, 0.4) is 0 Å². The van der Waals surface area contributed by atoms with Crippen LogP contribution < -0.4 is 5.32 Å². The van der Waals surface area contributed by atoms with Crippen LogP contribution in [0.25, 0.3) is 17.2 Å². The van der Waals surface area contributed by atoms with E-state index in [1.807, 2.05) is 54.0 Å². The minimum Gasteiger partial charge on any atom is -0.323 e. The van der Waals surface area contributed by atoms with Crippen LogP contribution in [-0.2, 0) is 4.79 Å². The van der Waals surface area contributed by atoms with E-state index in [0.29, 0.717) is 32.4 Å². The summed E-state index contributed by atoms with van der Waals surface area (Å²) in [5.74, 6) is 0.452. The molecule has 0 fully saturated rings. The standard InChI is InChI=1S/C22H17Cl2N5OS/c1-14-8-10-15(11-9-14)29-21(18-7-2-3-12-25-18)27-28-22(29)31-13-19(30)26-20-16(23)5-4-6-17(20)24/h2-12H,13H2,1H3,(H,26,30). The average molecular weight is 470 g/mol. The molecule has 1 amide bonds. The molecule has 9 heteroatoms. The normalized spacial score (nSPS) is 10.8. The number of carbonyl (C=O) groups excluding carboxylic acids is 1. The Morgan fingerprint density at radius 1 is 1.00 bits per heavy atom. The molecule has 156 valence electrons. The lowest BCUT2D eigenvalue weighted by molar-refractivity contribution is -0.113. The molecule has 0 radical (unpaired) electrons. The van der Waals surface area contributed by atoms with E-state index < -0.39 is 0 Å². The molecule has 6 nitrogen and oxygen atoms in total. The lowest BCUT2D eigenvalue weighted by Gasteiger charge is -2.11. The number of carbonyl (C=O) groups is 1. The van der Waals surface area contributed by atoms with Crippen LogP contribution in [0.15, 0.2) is 72.0 Å². The van der Waals surface area contributed by atoms with E-state index in [-0.39, 0.29) is 11.7 Å². The van der Waals surface area contributed by atoms with Gasteiger partial charge in [0.25, 0.3) is 0 Å². The van der Waals surface area contributed by atoms with Crippen LogP contribution in [-0.4, -0.2) is 31.4 Å². The zero-order chi connectivity index (χ0) is 21.8. The minimum atomic E-state index is -0.252. The molecule has 2 aromatic carbocycles. The first-order valence-corrected chi connectivity index (χ1v) is 11.1. The third-order valence-corrected chi connectivity index (χ3v) is 5.94. The summed E-state index contributed by atoms with van der Waals surface area (Å²) in [4.78, 5) is 16.9. The van der Waals surface area contributed by atoms with Crippen molar-refractivity contribution < 1.29 is 4.79 Å². The number of nitrogens with one attached hydrogen (secondary N) is 1. The molecule has 0 unspecified atom stereocenters. The number of anilines is 1. The van der Waals surface area contributed by atoms with Crippen LogP contribution in [0.5, 0.6) is 0 Å². The van der Waals surface area contributed by atoms with Gasteiger partial charge in [-0.2, -0.15) is 0 Å². The molecular weight excluding hydrogens is 453 g/mol. The van der Waals surface area contributed by atoms with Crippen LogP contribution in [0.2, 0.25) is 10.0 Å². The highest BCUT2D eigenvalue weighted by Crippen LogP contribution is 2.31. The van der Waals surface area contributed by atoms with Crippen molar-refractivity contribution in [3.05, 3.63) is 82.5 Å². The topological polar surface area (TPSA) is 72.7 Å². The Hall–Kier alpha value is -2.87. The number of thioether (sulfide) groups is 1. The smallest absolute Gasteiger partial charge is 0.234 e. The van der Waals surface area contributed by atoms with Gasteiger partial charge in [-0.05, 0) is 43.3 Å². The van der Waals surface area contributed by atoms with Crippen molar-refractivity contribution >= 4 is 46.6 Å². The Morgan fingerprint density at radius 3 is 2.42 bits per heavy atom. The molecule has 2 aromatic heterocycles. The van der Waals surface area contributed by atoms with Gasteiger partial charge in [0.1, 0.15) is 5.69 Å². The highest BCUT2D eigenvalue weighted by atomic mass is 35.5. The summed E-state index contributed by atoms with van der Waals surface area (Å²) in [6.45, 7) is 2.02. The molecule has 0 aliphatic rings. The van der Waals surface area contributed by atoms with Crippen molar-refractivity contribution in [2.24, 2.45) is 0 Å². The van der Waals surface area contributed by atoms with Gasteiger partial charge in [-0.1, -0.05) is 64.8 Å². The molecule has 0 atom stereocenters. The number of hydrogen-bond donors (Lipinski definition) is 1. The Bertz CT molecular complexity index is 1190. The summed E-state index contributed by atoms with van der Waals surface area (Å²) in [5.41, 5.74) is 3.11. The summed E-state index contributed by atoms with van der Waals surface area (Å²) < 4.78 is 1.89. The maximum absolute atomic E-state index is 12.5. The van der Waals surface area contributed by atoms with Crippen molar-refractivity contribution in [1.82, 2.24) is 19.7 Å². The average Bonchev–Trinajstić information content (AvgIpc) is 3.20. The number of nitrogens with zero attached hydrogens (tertiary/aromatic N) is 4. The Labute approximate surface area is 193 Å². The van der Waals surface area contributed by atoms with Crippen molar-refractivity contribution in [2.45, 2.75) is 12.1 Å². The first kappa shape index (κ1) is 21.4. The van der Waals surface area contributed by atoms with Gasteiger partial charge in [0.2, 0.25) is 5.91 Å². The number of rotatable bonds is 6. The fraction of sp³-hybridized carbons (Fsp3) is 0.0909. The first-order valence-electron chi connectivity index (χ1n) is 9.33. The summed E-state index contributed by atoms with van der Waals surface area (Å²) in [6, 6.07) is 18.7. The second-order valence-electron chi connectivity index (χ2n) is 6.63. The van der Waals surface area contributed by atoms with E-state index in [1.54, 1.807) is 24.4 Å². The quantitative estimate of drug-likeness (QED) is 0.368. The zero-order valence-electron chi connectivity index (χ0n) is 16.4. The van der Waals surface area contributed by atoms with E-state index in [2.05, 4.69) is 20.5 Å². The van der Waals surface area contributed by atoms with E-state index in [9.17, 15) is 4.79 Å². The van der Waals surface area contributed by atoms with Gasteiger partial charge in [-0.15, -0.1) is 10.2 Å². The summed E-state index contributed by atoms with van der Waals surface area (Å²) in [7, 11) is 0. The lowest BCUT2D eigenvalue weighted by atomic mass is 10.2. The first-order chi connectivity index (χ1) is 15.0. The number of para-hydroxylation sites is 1. The number of pyridine rings is 1. The van der Waals surface area contributed by atoms with Crippen LogP contribution >= 0.6 is 35.0 Å². The molecule has 4 aromatic rings. The van der Waals surface area contributed by atoms with Crippen molar-refractivity contribution in [1.29, 1.82) is 0 Å². The van der Waals surface area contributed by atoms with Gasteiger partial charge in [0.15, 0.2) is 11.0 Å². The predicted molar refractivity (Wildman–Crippen MR) is 125 cm³/mol. The van der Waals surface area contributed by atoms with Crippen molar-refractivity contribution in [2.75, 3.05) is 11.1 Å². The molecule has 0 aliphatic heterocycles. The Kier molecular flexibility index (Phi) is 6.56. The van der Waals surface area contributed by atoms with Crippen molar-refractivity contribution in [3.8, 4) is 17.2 Å². The van der Waals surface area contributed by atoms with Crippen LogP contribution in [0.4, 0.5) is 5.69 Å². The number of halogens is 2. The molecular formula is C22H17Cl2N5OS. The Morgan fingerprint density at radius 2 is 1.74 bits per heavy atom. The van der Waals surface area contributed by atoms with Crippen LogP contribution in [0, 0.1) is 6.92 Å². The predicted octanol–water partition coefficient (Wildman–Crippen LogP) is 5.68. The summed E-state index contributed by atoms with van der Waals surface area (Å²) >= 11 is 13.5. The van der Waals surface area contributed by atoms with Gasteiger partial charge in [0.05, 0.1) is 21.5 Å². The minimum absolute atomic E-state index is 0.105. The fourth-order valence-corrected chi connectivity index (χ4v) is 4.12. The molecule has 0 aliphatic carbocycles. The molecule has 0 spiro atoms. The maximum atomic E-state index is 12.5. The molecule has 31 heavy (non-hydrogen) atoms. The van der Waals surface area contributed by atoms with Gasteiger partial charge >= 0.3 is 0 Å². The largest absolute Gasteiger partial charge is 0.323 e. The SMILES string of the molecule is Cc1ccc(-n2c(SCC(=O)Nc3c(Cl)cccc3Cl)nnc2-c2ccccn2)cc1. The van der Waals surface area contributed by atoms with Crippen LogP contribution in [0.1, 0.15) is 5.56 Å². The number of aromatic nitrogens is 4. The molecule has 0 bridgehead atoms. The second kappa shape index (κ2) is 9.51. The molecule has 0 saturated carbocycles. The zero-order valence-corrected chi connectivity index (χ0v) is 18.7. The maximum Gasteiger partial charge on any atom is 0.234 e. The summed E-state index contributed by atoms with van der Waals surface area (Å²) in [5, 5.41) is 12.7. The van der Waals surface area contributed by atoms with Gasteiger partial charge in [-0.25, -0.2) is 0 Å². The number of hydrogen-bond acceptors (Lipinski definition) is 5. The highest BCUT2D eigenvalue weighted by Gasteiger charge is 2.18. The molecule has 2 heterocycles. The fourth-order valence-electron chi connectivity index (χ4n) is 2.87. The van der Waals surface area contributed by atoms with E-state index >= 15 is 0 Å². The molecule has 4 rings (SSSR count). The van der Waals surface area contributed by atoms with E-state index in [4.69, 9.17) is 23.2 Å². The summed E-state index contributed by atoms with van der Waals surface area (Å²) in [6.07, 6.45) is 1.71. The van der Waals surface area contributed by atoms with Crippen molar-refractivity contribution in [3.63, 3.8) is 0 Å². The van der Waals surface area contributed by atoms with E-state index in [0.717, 1.165) is 11.3 Å². The second-order valence-corrected chi connectivity index (χ2v) is 8.38. The van der Waals surface area contributed by atoms with Gasteiger partial charge in [-0.3, -0.25) is 14.3 Å².